The summed E-state index contributed by atoms with van der Waals surface area (Å²) in [6.45, 7) is 1.94. The van der Waals surface area contributed by atoms with E-state index in [1.807, 2.05) is 13.0 Å². The molecule has 0 bridgehead atoms. The van der Waals surface area contributed by atoms with Gasteiger partial charge in [0.1, 0.15) is 11.6 Å². The Morgan fingerprint density at radius 2 is 1.88 bits per heavy atom. The van der Waals surface area contributed by atoms with E-state index in [1.165, 1.54) is 12.1 Å². The number of hydrogen-bond donors (Lipinski definition) is 1. The predicted octanol–water partition coefficient (Wildman–Crippen LogP) is 3.39. The molecule has 2 aromatic carbocycles. The second-order valence-corrected chi connectivity index (χ2v) is 3.92. The molecular weight excluding hydrogens is 217 g/mol. The van der Waals surface area contributed by atoms with Gasteiger partial charge < -0.3 is 10.5 Å². The largest absolute Gasteiger partial charge is 0.495 e. The van der Waals surface area contributed by atoms with Crippen LogP contribution in [0.5, 0.6) is 5.75 Å². The van der Waals surface area contributed by atoms with Gasteiger partial charge in [-0.15, -0.1) is 0 Å². The lowest BCUT2D eigenvalue weighted by molar-refractivity contribution is 0.417. The van der Waals surface area contributed by atoms with Crippen LogP contribution in [0.15, 0.2) is 36.4 Å². The van der Waals surface area contributed by atoms with Gasteiger partial charge in [0, 0.05) is 0 Å². The summed E-state index contributed by atoms with van der Waals surface area (Å²) in [7, 11) is 1.57. The lowest BCUT2D eigenvalue weighted by Gasteiger charge is -2.09. The normalized spacial score (nSPS) is 10.3. The van der Waals surface area contributed by atoms with Crippen molar-refractivity contribution in [3.63, 3.8) is 0 Å². The molecule has 0 heterocycles. The number of hydrogen-bond acceptors (Lipinski definition) is 2. The van der Waals surface area contributed by atoms with Gasteiger partial charge in [-0.25, -0.2) is 4.39 Å². The number of aryl methyl sites for hydroxylation is 1. The fourth-order valence-corrected chi connectivity index (χ4v) is 1.81. The molecule has 0 spiro atoms. The quantitative estimate of drug-likeness (QED) is 0.804. The second-order valence-electron chi connectivity index (χ2n) is 3.92. The molecule has 2 N–H and O–H groups in total. The Bertz CT molecular complexity index is 552. The molecule has 0 aromatic heterocycles. The van der Waals surface area contributed by atoms with Crippen LogP contribution in [0.25, 0.3) is 11.1 Å². The first kappa shape index (κ1) is 11.5. The molecule has 0 aliphatic rings. The molecule has 2 rings (SSSR count). The van der Waals surface area contributed by atoms with Gasteiger partial charge in [0.25, 0.3) is 0 Å². The summed E-state index contributed by atoms with van der Waals surface area (Å²) in [5, 5.41) is 0. The van der Waals surface area contributed by atoms with Crippen molar-refractivity contribution >= 4 is 5.69 Å². The number of rotatable bonds is 2. The third-order valence-electron chi connectivity index (χ3n) is 2.74. The van der Waals surface area contributed by atoms with Gasteiger partial charge in [0.15, 0.2) is 0 Å². The molecule has 3 heteroatoms. The molecule has 17 heavy (non-hydrogen) atoms. The lowest BCUT2D eigenvalue weighted by atomic mass is 10.00. The van der Waals surface area contributed by atoms with E-state index < -0.39 is 0 Å². The van der Waals surface area contributed by atoms with E-state index in [2.05, 4.69) is 0 Å². The summed E-state index contributed by atoms with van der Waals surface area (Å²) in [5.74, 6) is 0.378. The number of nitrogen functional groups attached to an aromatic ring is 1. The molecule has 0 radical (unpaired) electrons. The Balaban J connectivity index is 2.53. The molecule has 0 atom stereocenters. The third-order valence-corrected chi connectivity index (χ3v) is 2.74. The van der Waals surface area contributed by atoms with Gasteiger partial charge in [0.05, 0.1) is 12.8 Å². The lowest BCUT2D eigenvalue weighted by Crippen LogP contribution is -1.93. The minimum Gasteiger partial charge on any atom is -0.495 e. The van der Waals surface area contributed by atoms with Gasteiger partial charge >= 0.3 is 0 Å². The highest BCUT2D eigenvalue weighted by molar-refractivity contribution is 5.72. The minimum absolute atomic E-state index is 0.250. The van der Waals surface area contributed by atoms with Gasteiger partial charge in [-0.3, -0.25) is 0 Å². The summed E-state index contributed by atoms with van der Waals surface area (Å²) in [5.41, 5.74) is 9.13. The van der Waals surface area contributed by atoms with Crippen LogP contribution in [0.2, 0.25) is 0 Å². The Hall–Kier alpha value is -2.03. The van der Waals surface area contributed by atoms with Crippen LogP contribution >= 0.6 is 0 Å². The van der Waals surface area contributed by atoms with Crippen molar-refractivity contribution in [1.82, 2.24) is 0 Å². The second kappa shape index (κ2) is 4.45. The van der Waals surface area contributed by atoms with E-state index in [-0.39, 0.29) is 5.82 Å². The number of anilines is 1. The Morgan fingerprint density at radius 1 is 1.12 bits per heavy atom. The average Bonchev–Trinajstić information content (AvgIpc) is 2.32. The SMILES string of the molecule is COc1ccc(-c2cc(F)ccc2C)cc1N. The molecule has 0 amide bonds. The van der Waals surface area contributed by atoms with Crippen molar-refractivity contribution in [2.75, 3.05) is 12.8 Å². The van der Waals surface area contributed by atoms with E-state index in [1.54, 1.807) is 25.3 Å². The molecule has 0 aliphatic heterocycles. The van der Waals surface area contributed by atoms with E-state index in [4.69, 9.17) is 10.5 Å². The molecule has 0 aliphatic carbocycles. The molecule has 88 valence electrons. The molecule has 0 saturated heterocycles. The molecular formula is C14H14FNO. The van der Waals surface area contributed by atoms with Gasteiger partial charge in [-0.1, -0.05) is 12.1 Å². The molecule has 2 aromatic rings. The molecule has 2 nitrogen and oxygen atoms in total. The van der Waals surface area contributed by atoms with E-state index in [0.29, 0.717) is 11.4 Å². The van der Waals surface area contributed by atoms with Gasteiger partial charge in [-0.05, 0) is 47.9 Å². The van der Waals surface area contributed by atoms with Crippen molar-refractivity contribution in [3.8, 4) is 16.9 Å². The van der Waals surface area contributed by atoms with Crippen LogP contribution < -0.4 is 10.5 Å². The zero-order valence-electron chi connectivity index (χ0n) is 9.83. The van der Waals surface area contributed by atoms with Crippen LogP contribution in [-0.2, 0) is 0 Å². The summed E-state index contributed by atoms with van der Waals surface area (Å²) in [6.07, 6.45) is 0. The molecule has 0 saturated carbocycles. The Kier molecular flexibility index (Phi) is 3.00. The fraction of sp³-hybridized carbons (Fsp3) is 0.143. The Labute approximate surface area is 99.8 Å². The average molecular weight is 231 g/mol. The number of ether oxygens (including phenoxy) is 1. The zero-order chi connectivity index (χ0) is 12.4. The van der Waals surface area contributed by atoms with Crippen molar-refractivity contribution < 1.29 is 9.13 Å². The van der Waals surface area contributed by atoms with Crippen LogP contribution in [0.4, 0.5) is 10.1 Å². The Morgan fingerprint density at radius 3 is 2.53 bits per heavy atom. The highest BCUT2D eigenvalue weighted by atomic mass is 19.1. The highest BCUT2D eigenvalue weighted by Crippen LogP contribution is 2.30. The van der Waals surface area contributed by atoms with Crippen LogP contribution in [0, 0.1) is 12.7 Å². The van der Waals surface area contributed by atoms with Crippen LogP contribution in [0.1, 0.15) is 5.56 Å². The summed E-state index contributed by atoms with van der Waals surface area (Å²) in [6, 6.07) is 10.2. The summed E-state index contributed by atoms with van der Waals surface area (Å²) < 4.78 is 18.3. The molecule has 0 unspecified atom stereocenters. The first-order chi connectivity index (χ1) is 8.11. The number of halogens is 1. The van der Waals surface area contributed by atoms with E-state index >= 15 is 0 Å². The number of nitrogens with two attached hydrogens (primary N) is 1. The highest BCUT2D eigenvalue weighted by Gasteiger charge is 2.06. The van der Waals surface area contributed by atoms with Crippen molar-refractivity contribution in [2.24, 2.45) is 0 Å². The minimum atomic E-state index is -0.250. The number of benzene rings is 2. The maximum absolute atomic E-state index is 13.2. The zero-order valence-corrected chi connectivity index (χ0v) is 9.83. The fourth-order valence-electron chi connectivity index (χ4n) is 1.81. The summed E-state index contributed by atoms with van der Waals surface area (Å²) in [4.78, 5) is 0. The van der Waals surface area contributed by atoms with Crippen LogP contribution in [0.3, 0.4) is 0 Å². The maximum Gasteiger partial charge on any atom is 0.141 e. The summed E-state index contributed by atoms with van der Waals surface area (Å²) >= 11 is 0. The standard InChI is InChI=1S/C14H14FNO/c1-9-3-5-11(15)8-12(9)10-4-6-14(17-2)13(16)7-10/h3-8H,16H2,1-2H3. The van der Waals surface area contributed by atoms with Gasteiger partial charge in [-0.2, -0.15) is 0 Å². The van der Waals surface area contributed by atoms with Gasteiger partial charge in [0.2, 0.25) is 0 Å². The van der Waals surface area contributed by atoms with Crippen molar-refractivity contribution in [3.05, 3.63) is 47.8 Å². The monoisotopic (exact) mass is 231 g/mol. The van der Waals surface area contributed by atoms with Crippen molar-refractivity contribution in [2.45, 2.75) is 6.92 Å². The first-order valence-electron chi connectivity index (χ1n) is 5.32. The maximum atomic E-state index is 13.2. The van der Waals surface area contributed by atoms with Crippen molar-refractivity contribution in [1.29, 1.82) is 0 Å². The third kappa shape index (κ3) is 2.23. The topological polar surface area (TPSA) is 35.2 Å². The van der Waals surface area contributed by atoms with E-state index in [0.717, 1.165) is 16.7 Å². The molecule has 0 fully saturated rings. The first-order valence-corrected chi connectivity index (χ1v) is 5.32. The smallest absolute Gasteiger partial charge is 0.141 e. The van der Waals surface area contributed by atoms with E-state index in [9.17, 15) is 4.39 Å². The van der Waals surface area contributed by atoms with Crippen LogP contribution in [-0.4, -0.2) is 7.11 Å². The number of methoxy groups -OCH3 is 1. The predicted molar refractivity (Wildman–Crippen MR) is 67.5 cm³/mol.